The molecule has 1 aromatic rings. The van der Waals surface area contributed by atoms with Gasteiger partial charge in [-0.3, -0.25) is 14.9 Å². The highest BCUT2D eigenvalue weighted by Gasteiger charge is 2.28. The van der Waals surface area contributed by atoms with E-state index >= 15 is 0 Å². The fourth-order valence-corrected chi connectivity index (χ4v) is 1.95. The van der Waals surface area contributed by atoms with E-state index in [1.165, 1.54) is 6.07 Å². The third-order valence-electron chi connectivity index (χ3n) is 2.76. The predicted octanol–water partition coefficient (Wildman–Crippen LogP) is 3.12. The van der Waals surface area contributed by atoms with Gasteiger partial charge < -0.3 is 5.11 Å². The molecule has 0 aromatic heterocycles. The zero-order valence-corrected chi connectivity index (χ0v) is 10.7. The quantitative estimate of drug-likeness (QED) is 0.644. The van der Waals surface area contributed by atoms with E-state index in [0.29, 0.717) is 12.0 Å². The highest BCUT2D eigenvalue weighted by atomic mass is 16.6. The van der Waals surface area contributed by atoms with E-state index in [9.17, 15) is 20.0 Å². The van der Waals surface area contributed by atoms with Crippen LogP contribution in [0.4, 0.5) is 5.69 Å². The summed E-state index contributed by atoms with van der Waals surface area (Å²) in [6.07, 6.45) is 0.389. The molecule has 5 nitrogen and oxygen atoms in total. The molecule has 0 bridgehead atoms. The van der Waals surface area contributed by atoms with E-state index in [4.69, 9.17) is 0 Å². The molecule has 0 saturated heterocycles. The lowest BCUT2D eigenvalue weighted by atomic mass is 9.88. The number of hydrogen-bond donors (Lipinski definition) is 1. The Labute approximate surface area is 106 Å². The largest absolute Gasteiger partial charge is 0.481 e. The van der Waals surface area contributed by atoms with Crippen molar-refractivity contribution in [3.8, 4) is 0 Å². The molecule has 0 aliphatic rings. The number of carboxylic acids is 1. The van der Waals surface area contributed by atoms with Crippen LogP contribution in [0.5, 0.6) is 0 Å². The molecule has 0 spiro atoms. The summed E-state index contributed by atoms with van der Waals surface area (Å²) >= 11 is 0. The van der Waals surface area contributed by atoms with Crippen LogP contribution >= 0.6 is 0 Å². The van der Waals surface area contributed by atoms with Crippen LogP contribution in [0.2, 0.25) is 0 Å². The molecule has 0 fully saturated rings. The molecule has 18 heavy (non-hydrogen) atoms. The first-order chi connectivity index (χ1) is 8.32. The summed E-state index contributed by atoms with van der Waals surface area (Å²) in [6, 6.07) is 4.59. The average molecular weight is 251 g/mol. The number of carbonyl (C=O) groups is 1. The van der Waals surface area contributed by atoms with Crippen LogP contribution in [0.1, 0.15) is 37.3 Å². The summed E-state index contributed by atoms with van der Waals surface area (Å²) in [5.41, 5.74) is 1.00. The second kappa shape index (κ2) is 5.62. The number of benzene rings is 1. The number of nitrogens with zero attached hydrogens (tertiary/aromatic N) is 1. The van der Waals surface area contributed by atoms with Gasteiger partial charge in [-0.05, 0) is 25.3 Å². The van der Waals surface area contributed by atoms with Crippen molar-refractivity contribution in [2.75, 3.05) is 0 Å². The summed E-state index contributed by atoms with van der Waals surface area (Å²) < 4.78 is 0. The van der Waals surface area contributed by atoms with Crippen LogP contribution in [-0.2, 0) is 4.79 Å². The molecule has 1 aromatic carbocycles. The van der Waals surface area contributed by atoms with Crippen molar-refractivity contribution >= 4 is 11.7 Å². The van der Waals surface area contributed by atoms with Crippen LogP contribution in [0, 0.1) is 23.0 Å². The maximum atomic E-state index is 11.3. The number of rotatable bonds is 5. The molecule has 0 radical (unpaired) electrons. The lowest BCUT2D eigenvalue weighted by Crippen LogP contribution is -2.15. The zero-order valence-electron chi connectivity index (χ0n) is 10.7. The summed E-state index contributed by atoms with van der Waals surface area (Å²) in [6.45, 7) is 5.59. The van der Waals surface area contributed by atoms with Gasteiger partial charge in [-0.15, -0.1) is 0 Å². The van der Waals surface area contributed by atoms with Gasteiger partial charge in [-0.25, -0.2) is 0 Å². The maximum Gasteiger partial charge on any atom is 0.311 e. The first-order valence-corrected chi connectivity index (χ1v) is 5.80. The standard InChI is InChI=1S/C13H17NO4/c1-8(2)6-11(13(15)16)10-7-9(3)4-5-12(10)14(17)18/h4-5,7-8,11H,6H2,1-3H3,(H,15,16). The third kappa shape index (κ3) is 3.29. The van der Waals surface area contributed by atoms with Gasteiger partial charge in [0.15, 0.2) is 0 Å². The van der Waals surface area contributed by atoms with Crippen molar-refractivity contribution in [1.82, 2.24) is 0 Å². The Morgan fingerprint density at radius 3 is 2.50 bits per heavy atom. The number of aliphatic carboxylic acids is 1. The van der Waals surface area contributed by atoms with Gasteiger partial charge in [0.05, 0.1) is 10.8 Å². The molecule has 0 heterocycles. The van der Waals surface area contributed by atoms with Crippen LogP contribution in [0.15, 0.2) is 18.2 Å². The second-order valence-corrected chi connectivity index (χ2v) is 4.84. The second-order valence-electron chi connectivity index (χ2n) is 4.84. The van der Waals surface area contributed by atoms with E-state index < -0.39 is 16.8 Å². The minimum absolute atomic E-state index is 0.117. The molecule has 1 atom stereocenters. The highest BCUT2D eigenvalue weighted by Crippen LogP contribution is 2.32. The Kier molecular flexibility index (Phi) is 4.42. The van der Waals surface area contributed by atoms with E-state index in [2.05, 4.69) is 0 Å². The number of carboxylic acid groups (broad SMARTS) is 1. The number of hydrogen-bond acceptors (Lipinski definition) is 3. The van der Waals surface area contributed by atoms with E-state index in [1.54, 1.807) is 19.1 Å². The van der Waals surface area contributed by atoms with Crippen molar-refractivity contribution in [3.63, 3.8) is 0 Å². The SMILES string of the molecule is Cc1ccc([N+](=O)[O-])c(C(CC(C)C)C(=O)O)c1. The van der Waals surface area contributed by atoms with Gasteiger partial charge >= 0.3 is 5.97 Å². The first kappa shape index (κ1) is 14.2. The Hall–Kier alpha value is -1.91. The molecule has 1 N–H and O–H groups in total. The predicted molar refractivity (Wildman–Crippen MR) is 67.7 cm³/mol. The Morgan fingerprint density at radius 1 is 1.44 bits per heavy atom. The van der Waals surface area contributed by atoms with Crippen molar-refractivity contribution in [2.45, 2.75) is 33.1 Å². The summed E-state index contributed by atoms with van der Waals surface area (Å²) in [5.74, 6) is -1.69. The van der Waals surface area contributed by atoms with Crippen LogP contribution in [0.25, 0.3) is 0 Å². The molecule has 0 amide bonds. The monoisotopic (exact) mass is 251 g/mol. The smallest absolute Gasteiger partial charge is 0.311 e. The van der Waals surface area contributed by atoms with E-state index in [0.717, 1.165) is 5.56 Å². The van der Waals surface area contributed by atoms with Gasteiger partial charge in [0, 0.05) is 11.6 Å². The molecule has 0 aliphatic carbocycles. The lowest BCUT2D eigenvalue weighted by Gasteiger charge is -2.15. The van der Waals surface area contributed by atoms with Crippen LogP contribution < -0.4 is 0 Å². The summed E-state index contributed by atoms with van der Waals surface area (Å²) in [4.78, 5) is 21.7. The minimum atomic E-state index is -1.02. The van der Waals surface area contributed by atoms with E-state index in [-0.39, 0.29) is 11.6 Å². The van der Waals surface area contributed by atoms with Gasteiger partial charge in [0.1, 0.15) is 0 Å². The van der Waals surface area contributed by atoms with Crippen LogP contribution in [-0.4, -0.2) is 16.0 Å². The van der Waals surface area contributed by atoms with Gasteiger partial charge in [-0.2, -0.15) is 0 Å². The molecule has 1 rings (SSSR count). The summed E-state index contributed by atoms with van der Waals surface area (Å²) in [7, 11) is 0. The highest BCUT2D eigenvalue weighted by molar-refractivity contribution is 5.78. The fourth-order valence-electron chi connectivity index (χ4n) is 1.95. The van der Waals surface area contributed by atoms with Crippen molar-refractivity contribution < 1.29 is 14.8 Å². The number of nitro benzene ring substituents is 1. The summed E-state index contributed by atoms with van der Waals surface area (Å²) in [5, 5.41) is 20.2. The molecule has 1 unspecified atom stereocenters. The molecule has 98 valence electrons. The van der Waals surface area contributed by atoms with Crippen LogP contribution in [0.3, 0.4) is 0 Å². The lowest BCUT2D eigenvalue weighted by molar-refractivity contribution is -0.385. The molecular formula is C13H17NO4. The van der Waals surface area contributed by atoms with Crippen molar-refractivity contribution in [2.24, 2.45) is 5.92 Å². The third-order valence-corrected chi connectivity index (χ3v) is 2.76. The molecular weight excluding hydrogens is 234 g/mol. The van der Waals surface area contributed by atoms with Gasteiger partial charge in [-0.1, -0.05) is 25.5 Å². The zero-order chi connectivity index (χ0) is 13.9. The normalized spacial score (nSPS) is 12.4. The Morgan fingerprint density at radius 2 is 2.06 bits per heavy atom. The Bertz CT molecular complexity index is 468. The molecule has 5 heteroatoms. The molecule has 0 aliphatic heterocycles. The Balaban J connectivity index is 3.29. The van der Waals surface area contributed by atoms with Crippen molar-refractivity contribution in [1.29, 1.82) is 0 Å². The number of nitro groups is 1. The molecule has 0 saturated carbocycles. The maximum absolute atomic E-state index is 11.3. The average Bonchev–Trinajstić information content (AvgIpc) is 2.24. The van der Waals surface area contributed by atoms with Gasteiger partial charge in [0.25, 0.3) is 5.69 Å². The van der Waals surface area contributed by atoms with Crippen molar-refractivity contribution in [3.05, 3.63) is 39.4 Å². The number of aryl methyl sites for hydroxylation is 1. The topological polar surface area (TPSA) is 80.4 Å². The van der Waals surface area contributed by atoms with E-state index in [1.807, 2.05) is 13.8 Å². The van der Waals surface area contributed by atoms with Gasteiger partial charge in [0.2, 0.25) is 0 Å². The minimum Gasteiger partial charge on any atom is -0.481 e. The first-order valence-electron chi connectivity index (χ1n) is 5.80. The fraction of sp³-hybridized carbons (Fsp3) is 0.462.